The highest BCUT2D eigenvalue weighted by atomic mass is 32.2. The van der Waals surface area contributed by atoms with E-state index >= 15 is 0 Å². The number of benzene rings is 1. The first-order valence-electron chi connectivity index (χ1n) is 7.99. The van der Waals surface area contributed by atoms with Crippen molar-refractivity contribution in [2.75, 3.05) is 44.2 Å². The van der Waals surface area contributed by atoms with E-state index in [0.717, 1.165) is 19.6 Å². The predicted molar refractivity (Wildman–Crippen MR) is 91.0 cm³/mol. The molecular formula is C16H25N3O3S. The third-order valence-electron chi connectivity index (χ3n) is 4.04. The average Bonchev–Trinajstić information content (AvgIpc) is 2.56. The van der Waals surface area contributed by atoms with Crippen LogP contribution in [-0.2, 0) is 16.4 Å². The molecule has 0 aromatic heterocycles. The molecular weight excluding hydrogens is 314 g/mol. The molecule has 0 unspecified atom stereocenters. The highest BCUT2D eigenvalue weighted by Crippen LogP contribution is 2.08. The summed E-state index contributed by atoms with van der Waals surface area (Å²) in [5.41, 5.74) is 1.27. The Balaban J connectivity index is 1.70. The van der Waals surface area contributed by atoms with Crippen LogP contribution in [0.2, 0.25) is 0 Å². The van der Waals surface area contributed by atoms with Gasteiger partial charge in [0.1, 0.15) is 0 Å². The Morgan fingerprint density at radius 3 is 2.39 bits per heavy atom. The van der Waals surface area contributed by atoms with Gasteiger partial charge in [0.2, 0.25) is 0 Å². The molecule has 1 fully saturated rings. The second kappa shape index (κ2) is 8.31. The number of rotatable bonds is 6. The Morgan fingerprint density at radius 1 is 1.13 bits per heavy atom. The van der Waals surface area contributed by atoms with Crippen molar-refractivity contribution in [1.29, 1.82) is 0 Å². The lowest BCUT2D eigenvalue weighted by molar-refractivity contribution is 0.135. The van der Waals surface area contributed by atoms with Gasteiger partial charge >= 0.3 is 6.03 Å². The molecule has 1 aliphatic heterocycles. The summed E-state index contributed by atoms with van der Waals surface area (Å²) in [4.78, 5) is 16.1. The van der Waals surface area contributed by atoms with Crippen LogP contribution in [0, 0.1) is 0 Å². The summed E-state index contributed by atoms with van der Waals surface area (Å²) in [6, 6.07) is 10.1. The number of hydrogen-bond acceptors (Lipinski definition) is 4. The largest absolute Gasteiger partial charge is 0.337 e. The van der Waals surface area contributed by atoms with Crippen molar-refractivity contribution in [3.8, 4) is 0 Å². The maximum absolute atomic E-state index is 12.0. The van der Waals surface area contributed by atoms with Gasteiger partial charge in [0.25, 0.3) is 0 Å². The average molecular weight is 339 g/mol. The van der Waals surface area contributed by atoms with Crippen LogP contribution in [0.3, 0.4) is 0 Å². The number of sulfone groups is 1. The van der Waals surface area contributed by atoms with Gasteiger partial charge in [-0.2, -0.15) is 0 Å². The van der Waals surface area contributed by atoms with Crippen LogP contribution in [0.1, 0.15) is 12.5 Å². The molecule has 0 atom stereocenters. The van der Waals surface area contributed by atoms with Crippen molar-refractivity contribution in [3.63, 3.8) is 0 Å². The lowest BCUT2D eigenvalue weighted by Gasteiger charge is -2.34. The zero-order valence-electron chi connectivity index (χ0n) is 13.6. The van der Waals surface area contributed by atoms with Crippen LogP contribution in [0.25, 0.3) is 0 Å². The fraction of sp³-hybridized carbons (Fsp3) is 0.562. The maximum atomic E-state index is 12.0. The highest BCUT2D eigenvalue weighted by molar-refractivity contribution is 7.91. The summed E-state index contributed by atoms with van der Waals surface area (Å²) in [5.74, 6) is 0.115. The normalized spacial score (nSPS) is 16.3. The third-order valence-corrected chi connectivity index (χ3v) is 5.74. The summed E-state index contributed by atoms with van der Waals surface area (Å²) in [7, 11) is -3.03. The van der Waals surface area contributed by atoms with E-state index in [1.807, 2.05) is 18.2 Å². The van der Waals surface area contributed by atoms with Crippen LogP contribution in [-0.4, -0.2) is 68.5 Å². The van der Waals surface area contributed by atoms with E-state index in [-0.39, 0.29) is 24.1 Å². The molecule has 1 saturated heterocycles. The van der Waals surface area contributed by atoms with Crippen LogP contribution < -0.4 is 5.32 Å². The molecule has 1 aliphatic rings. The molecule has 0 aliphatic carbocycles. The molecule has 6 nitrogen and oxygen atoms in total. The minimum atomic E-state index is -3.03. The minimum Gasteiger partial charge on any atom is -0.337 e. The summed E-state index contributed by atoms with van der Waals surface area (Å²) in [6.45, 7) is 5.68. The number of amides is 2. The van der Waals surface area contributed by atoms with Gasteiger partial charge in [-0.3, -0.25) is 4.90 Å². The van der Waals surface area contributed by atoms with Gasteiger partial charge in [0.05, 0.1) is 5.75 Å². The van der Waals surface area contributed by atoms with E-state index in [4.69, 9.17) is 0 Å². The van der Waals surface area contributed by atoms with E-state index in [1.165, 1.54) is 5.56 Å². The van der Waals surface area contributed by atoms with Crippen molar-refractivity contribution in [2.45, 2.75) is 13.5 Å². The Bertz CT molecular complexity index is 596. The fourth-order valence-corrected chi connectivity index (χ4v) is 3.22. The molecule has 2 amide bonds. The van der Waals surface area contributed by atoms with E-state index < -0.39 is 9.84 Å². The Hall–Kier alpha value is -1.60. The summed E-state index contributed by atoms with van der Waals surface area (Å²) < 4.78 is 22.8. The SMILES string of the molecule is CCS(=O)(=O)CCNC(=O)N1CCN(Cc2ccccc2)CC1. The molecule has 1 aromatic rings. The molecule has 0 saturated carbocycles. The van der Waals surface area contributed by atoms with Gasteiger partial charge in [-0.05, 0) is 5.56 Å². The van der Waals surface area contributed by atoms with Crippen LogP contribution in [0.5, 0.6) is 0 Å². The Labute approximate surface area is 138 Å². The molecule has 0 spiro atoms. The predicted octanol–water partition coefficient (Wildman–Crippen LogP) is 0.949. The van der Waals surface area contributed by atoms with Crippen molar-refractivity contribution in [2.24, 2.45) is 0 Å². The number of nitrogens with zero attached hydrogens (tertiary/aromatic N) is 2. The molecule has 0 radical (unpaired) electrons. The zero-order chi connectivity index (χ0) is 16.7. The zero-order valence-corrected chi connectivity index (χ0v) is 14.4. The van der Waals surface area contributed by atoms with Crippen LogP contribution >= 0.6 is 0 Å². The van der Waals surface area contributed by atoms with Crippen molar-refractivity contribution < 1.29 is 13.2 Å². The second-order valence-electron chi connectivity index (χ2n) is 5.72. The molecule has 0 bridgehead atoms. The van der Waals surface area contributed by atoms with Gasteiger partial charge < -0.3 is 10.2 Å². The van der Waals surface area contributed by atoms with E-state index in [0.29, 0.717) is 13.1 Å². The summed E-state index contributed by atoms with van der Waals surface area (Å²) in [5, 5.41) is 2.70. The molecule has 1 N–H and O–H groups in total. The first-order valence-corrected chi connectivity index (χ1v) is 9.82. The van der Waals surface area contributed by atoms with Crippen molar-refractivity contribution in [3.05, 3.63) is 35.9 Å². The first kappa shape index (κ1) is 17.7. The van der Waals surface area contributed by atoms with Crippen molar-refractivity contribution >= 4 is 15.9 Å². The lowest BCUT2D eigenvalue weighted by Crippen LogP contribution is -2.51. The first-order chi connectivity index (χ1) is 11.0. The third kappa shape index (κ3) is 5.84. The summed E-state index contributed by atoms with van der Waals surface area (Å²) >= 11 is 0. The molecule has 2 rings (SSSR count). The smallest absolute Gasteiger partial charge is 0.317 e. The quantitative estimate of drug-likeness (QED) is 0.838. The minimum absolute atomic E-state index is 0.00319. The van der Waals surface area contributed by atoms with E-state index in [2.05, 4.69) is 22.3 Å². The molecule has 1 heterocycles. The lowest BCUT2D eigenvalue weighted by atomic mass is 10.2. The van der Waals surface area contributed by atoms with Gasteiger partial charge in [0.15, 0.2) is 9.84 Å². The van der Waals surface area contributed by atoms with Gasteiger partial charge in [-0.25, -0.2) is 13.2 Å². The molecule has 23 heavy (non-hydrogen) atoms. The van der Waals surface area contributed by atoms with Gasteiger partial charge in [0, 0.05) is 45.0 Å². The van der Waals surface area contributed by atoms with Gasteiger partial charge in [-0.1, -0.05) is 37.3 Å². The molecule has 7 heteroatoms. The number of piperazine rings is 1. The Morgan fingerprint density at radius 2 is 1.78 bits per heavy atom. The molecule has 1 aromatic carbocycles. The fourth-order valence-electron chi connectivity index (χ4n) is 2.52. The van der Waals surface area contributed by atoms with Crippen LogP contribution in [0.4, 0.5) is 4.79 Å². The maximum Gasteiger partial charge on any atom is 0.317 e. The Kier molecular flexibility index (Phi) is 6.41. The van der Waals surface area contributed by atoms with E-state index in [9.17, 15) is 13.2 Å². The number of nitrogens with one attached hydrogen (secondary N) is 1. The number of hydrogen-bond donors (Lipinski definition) is 1. The molecule has 128 valence electrons. The summed E-state index contributed by atoms with van der Waals surface area (Å²) in [6.07, 6.45) is 0. The topological polar surface area (TPSA) is 69.7 Å². The number of carbonyl (C=O) groups excluding carboxylic acids is 1. The van der Waals surface area contributed by atoms with E-state index in [1.54, 1.807) is 11.8 Å². The standard InChI is InChI=1S/C16H25N3O3S/c1-2-23(21,22)13-8-17-16(20)19-11-9-18(10-12-19)14-15-6-4-3-5-7-15/h3-7H,2,8-14H2,1H3,(H,17,20). The monoisotopic (exact) mass is 339 g/mol. The number of carbonyl (C=O) groups is 1. The van der Waals surface area contributed by atoms with Gasteiger partial charge in [-0.15, -0.1) is 0 Å². The van der Waals surface area contributed by atoms with Crippen LogP contribution in [0.15, 0.2) is 30.3 Å². The number of urea groups is 1. The highest BCUT2D eigenvalue weighted by Gasteiger charge is 2.21. The van der Waals surface area contributed by atoms with Crippen molar-refractivity contribution in [1.82, 2.24) is 15.1 Å². The second-order valence-corrected chi connectivity index (χ2v) is 8.19.